The van der Waals surface area contributed by atoms with Crippen molar-refractivity contribution < 1.29 is 4.74 Å². The van der Waals surface area contributed by atoms with Gasteiger partial charge in [0.25, 0.3) is 0 Å². The number of nitrogens with zero attached hydrogens (tertiary/aromatic N) is 1. The van der Waals surface area contributed by atoms with Crippen LogP contribution in [0, 0.1) is 0 Å². The standard InChI is InChI=1S/C10H22N2O/c1-3-13-10-4-6-12(7-5-10)8-9(2)11/h9-10H,3-8,11H2,1-2H3. The van der Waals surface area contributed by atoms with Crippen molar-refractivity contribution in [1.29, 1.82) is 0 Å². The number of nitrogens with two attached hydrogens (primary N) is 1. The van der Waals surface area contributed by atoms with Crippen LogP contribution in [0.5, 0.6) is 0 Å². The Hall–Kier alpha value is -0.120. The molecule has 2 N–H and O–H groups in total. The van der Waals surface area contributed by atoms with Gasteiger partial charge < -0.3 is 15.4 Å². The van der Waals surface area contributed by atoms with Crippen molar-refractivity contribution in [3.05, 3.63) is 0 Å². The highest BCUT2D eigenvalue weighted by atomic mass is 16.5. The molecule has 0 radical (unpaired) electrons. The molecule has 13 heavy (non-hydrogen) atoms. The maximum Gasteiger partial charge on any atom is 0.0599 e. The zero-order valence-electron chi connectivity index (χ0n) is 8.83. The number of rotatable bonds is 4. The quantitative estimate of drug-likeness (QED) is 0.707. The number of ether oxygens (including phenoxy) is 1. The molecule has 0 amide bonds. The molecule has 1 aliphatic heterocycles. The van der Waals surface area contributed by atoms with E-state index in [0.29, 0.717) is 12.1 Å². The summed E-state index contributed by atoms with van der Waals surface area (Å²) < 4.78 is 5.58. The van der Waals surface area contributed by atoms with Gasteiger partial charge in [0, 0.05) is 32.3 Å². The van der Waals surface area contributed by atoms with E-state index in [4.69, 9.17) is 10.5 Å². The van der Waals surface area contributed by atoms with Crippen molar-refractivity contribution in [1.82, 2.24) is 4.90 Å². The molecule has 1 aliphatic rings. The van der Waals surface area contributed by atoms with Crippen molar-refractivity contribution in [3.63, 3.8) is 0 Å². The lowest BCUT2D eigenvalue weighted by molar-refractivity contribution is 0.0135. The van der Waals surface area contributed by atoms with Crippen molar-refractivity contribution in [3.8, 4) is 0 Å². The number of hydrogen-bond acceptors (Lipinski definition) is 3. The van der Waals surface area contributed by atoms with E-state index in [2.05, 4.69) is 18.7 Å². The average molecular weight is 186 g/mol. The first kappa shape index (κ1) is 11.0. The molecule has 0 aromatic heterocycles. The lowest BCUT2D eigenvalue weighted by atomic mass is 10.1. The topological polar surface area (TPSA) is 38.5 Å². The van der Waals surface area contributed by atoms with Crippen molar-refractivity contribution in [2.75, 3.05) is 26.2 Å². The Bertz CT molecular complexity index is 131. The SMILES string of the molecule is CCOC1CCN(CC(C)N)CC1. The van der Waals surface area contributed by atoms with Gasteiger partial charge in [0.1, 0.15) is 0 Å². The van der Waals surface area contributed by atoms with Gasteiger partial charge in [-0.25, -0.2) is 0 Å². The molecule has 3 nitrogen and oxygen atoms in total. The summed E-state index contributed by atoms with van der Waals surface area (Å²) in [5, 5.41) is 0. The molecule has 0 aromatic carbocycles. The van der Waals surface area contributed by atoms with Crippen LogP contribution in [0.3, 0.4) is 0 Å². The smallest absolute Gasteiger partial charge is 0.0599 e. The number of likely N-dealkylation sites (tertiary alicyclic amines) is 1. The molecule has 0 bridgehead atoms. The van der Waals surface area contributed by atoms with Gasteiger partial charge in [0.2, 0.25) is 0 Å². The van der Waals surface area contributed by atoms with Crippen LogP contribution in [0.2, 0.25) is 0 Å². The second kappa shape index (κ2) is 5.58. The zero-order valence-corrected chi connectivity index (χ0v) is 8.83. The molecule has 1 saturated heterocycles. The first-order valence-corrected chi connectivity index (χ1v) is 5.32. The molecule has 0 aromatic rings. The fourth-order valence-corrected chi connectivity index (χ4v) is 1.90. The molecule has 1 rings (SSSR count). The van der Waals surface area contributed by atoms with E-state index >= 15 is 0 Å². The maximum atomic E-state index is 5.74. The van der Waals surface area contributed by atoms with Crippen molar-refractivity contribution >= 4 is 0 Å². The summed E-state index contributed by atoms with van der Waals surface area (Å²) >= 11 is 0. The fourth-order valence-electron chi connectivity index (χ4n) is 1.90. The summed E-state index contributed by atoms with van der Waals surface area (Å²) in [6.07, 6.45) is 2.83. The molecule has 1 fully saturated rings. The second-order valence-corrected chi connectivity index (χ2v) is 3.93. The van der Waals surface area contributed by atoms with Gasteiger partial charge in [0.15, 0.2) is 0 Å². The minimum atomic E-state index is 0.295. The molecule has 0 saturated carbocycles. The monoisotopic (exact) mass is 186 g/mol. The number of hydrogen-bond donors (Lipinski definition) is 1. The molecule has 1 atom stereocenters. The molecular formula is C10H22N2O. The summed E-state index contributed by atoms with van der Waals surface area (Å²) in [6.45, 7) is 8.29. The van der Waals surface area contributed by atoms with E-state index in [1.54, 1.807) is 0 Å². The van der Waals surface area contributed by atoms with Crippen LogP contribution >= 0.6 is 0 Å². The van der Waals surface area contributed by atoms with Crippen molar-refractivity contribution in [2.45, 2.75) is 38.8 Å². The third kappa shape index (κ3) is 4.07. The average Bonchev–Trinajstić information content (AvgIpc) is 2.08. The normalized spacial score (nSPS) is 23.3. The van der Waals surface area contributed by atoms with Gasteiger partial charge in [-0.2, -0.15) is 0 Å². The van der Waals surface area contributed by atoms with Crippen LogP contribution in [-0.2, 0) is 4.74 Å². The Morgan fingerprint density at radius 2 is 2.08 bits per heavy atom. The largest absolute Gasteiger partial charge is 0.378 e. The van der Waals surface area contributed by atoms with Crippen LogP contribution in [0.1, 0.15) is 26.7 Å². The molecular weight excluding hydrogens is 164 g/mol. The predicted octanol–water partition coefficient (Wildman–Crippen LogP) is 0.834. The predicted molar refractivity (Wildman–Crippen MR) is 54.7 cm³/mol. The van der Waals surface area contributed by atoms with Gasteiger partial charge in [-0.1, -0.05) is 0 Å². The van der Waals surface area contributed by atoms with Crippen LogP contribution in [-0.4, -0.2) is 43.3 Å². The highest BCUT2D eigenvalue weighted by Gasteiger charge is 2.19. The van der Waals surface area contributed by atoms with E-state index < -0.39 is 0 Å². The summed E-state index contributed by atoms with van der Waals surface area (Å²) in [4.78, 5) is 2.43. The highest BCUT2D eigenvalue weighted by Crippen LogP contribution is 2.13. The molecule has 1 heterocycles. The second-order valence-electron chi connectivity index (χ2n) is 3.93. The first-order valence-electron chi connectivity index (χ1n) is 5.32. The third-order valence-electron chi connectivity index (χ3n) is 2.48. The molecule has 1 unspecified atom stereocenters. The van der Waals surface area contributed by atoms with E-state index in [0.717, 1.165) is 26.2 Å². The molecule has 3 heteroatoms. The van der Waals surface area contributed by atoms with Gasteiger partial charge in [-0.3, -0.25) is 0 Å². The Kier molecular flexibility index (Phi) is 4.70. The van der Waals surface area contributed by atoms with Gasteiger partial charge >= 0.3 is 0 Å². The minimum absolute atomic E-state index is 0.295. The summed E-state index contributed by atoms with van der Waals surface area (Å²) in [6, 6.07) is 0.295. The highest BCUT2D eigenvalue weighted by molar-refractivity contribution is 4.74. The summed E-state index contributed by atoms with van der Waals surface area (Å²) in [5.41, 5.74) is 5.74. The van der Waals surface area contributed by atoms with Crippen molar-refractivity contribution in [2.24, 2.45) is 5.73 Å². The first-order chi connectivity index (χ1) is 6.22. The van der Waals surface area contributed by atoms with Crippen LogP contribution in [0.25, 0.3) is 0 Å². The van der Waals surface area contributed by atoms with Gasteiger partial charge in [0.05, 0.1) is 6.10 Å². The van der Waals surface area contributed by atoms with Crippen LogP contribution in [0.4, 0.5) is 0 Å². The number of piperidine rings is 1. The van der Waals surface area contributed by atoms with Gasteiger partial charge in [-0.05, 0) is 26.7 Å². The minimum Gasteiger partial charge on any atom is -0.378 e. The zero-order chi connectivity index (χ0) is 9.68. The lowest BCUT2D eigenvalue weighted by Gasteiger charge is -2.32. The van der Waals surface area contributed by atoms with Crippen LogP contribution < -0.4 is 5.73 Å². The Balaban J connectivity index is 2.15. The Morgan fingerprint density at radius 1 is 1.46 bits per heavy atom. The Labute approximate surface area is 81.2 Å². The van der Waals surface area contributed by atoms with E-state index in [9.17, 15) is 0 Å². The van der Waals surface area contributed by atoms with Gasteiger partial charge in [-0.15, -0.1) is 0 Å². The summed E-state index contributed by atoms with van der Waals surface area (Å²) in [5.74, 6) is 0. The Morgan fingerprint density at radius 3 is 2.54 bits per heavy atom. The van der Waals surface area contributed by atoms with E-state index in [-0.39, 0.29) is 0 Å². The summed E-state index contributed by atoms with van der Waals surface area (Å²) in [7, 11) is 0. The molecule has 0 aliphatic carbocycles. The molecule has 78 valence electrons. The fraction of sp³-hybridized carbons (Fsp3) is 1.00. The third-order valence-corrected chi connectivity index (χ3v) is 2.48. The lowest BCUT2D eigenvalue weighted by Crippen LogP contribution is -2.42. The van der Waals surface area contributed by atoms with E-state index in [1.807, 2.05) is 0 Å². The van der Waals surface area contributed by atoms with Crippen LogP contribution in [0.15, 0.2) is 0 Å². The maximum absolute atomic E-state index is 5.74. The molecule has 0 spiro atoms. The van der Waals surface area contributed by atoms with E-state index in [1.165, 1.54) is 12.8 Å².